The fraction of sp³-hybridized carbons (Fsp3) is 0.833. The van der Waals surface area contributed by atoms with Gasteiger partial charge in [-0.15, -0.1) is 0 Å². The van der Waals surface area contributed by atoms with Crippen LogP contribution >= 0.6 is 0 Å². The highest BCUT2D eigenvalue weighted by molar-refractivity contribution is 5.93. The first-order valence-corrected chi connectivity index (χ1v) is 11.4. The molecule has 4 fully saturated rings. The number of Topliss-reactive ketones (excluding diaryl/α,β-unsaturated/α-hetero) is 3. The van der Waals surface area contributed by atoms with Crippen LogP contribution in [0, 0.1) is 46.3 Å². The van der Waals surface area contributed by atoms with Crippen LogP contribution in [0.25, 0.3) is 0 Å². The quantitative estimate of drug-likeness (QED) is 0.722. The standard InChI is InChI=1S/C24H34O5/c1-13(4-7-21(28)29)16-5-6-17-22-18(12-20(27)24(16,17)3)23(2)9-8-15(25)10-14(23)11-19(22)26/h13-14,16-18,22H,4-12H2,1-3H3,(H,28,29)/p-1/t13-,14-,16-,17-,18-,22+,23+,24-/m1/s1. The molecule has 4 aliphatic carbocycles. The Labute approximate surface area is 173 Å². The number of hydrogen-bond acceptors (Lipinski definition) is 5. The number of ketones is 3. The lowest BCUT2D eigenvalue weighted by Gasteiger charge is -2.58. The molecule has 0 aromatic heterocycles. The van der Waals surface area contributed by atoms with Gasteiger partial charge in [0.15, 0.2) is 0 Å². The van der Waals surface area contributed by atoms with Crippen molar-refractivity contribution in [1.82, 2.24) is 0 Å². The predicted molar refractivity (Wildman–Crippen MR) is 104 cm³/mol. The van der Waals surface area contributed by atoms with Gasteiger partial charge in [0.2, 0.25) is 0 Å². The Morgan fingerprint density at radius 2 is 1.83 bits per heavy atom. The van der Waals surface area contributed by atoms with Crippen molar-refractivity contribution in [1.29, 1.82) is 0 Å². The minimum absolute atomic E-state index is 0.0192. The molecule has 0 aromatic carbocycles. The topological polar surface area (TPSA) is 91.3 Å². The van der Waals surface area contributed by atoms with Gasteiger partial charge >= 0.3 is 0 Å². The van der Waals surface area contributed by atoms with E-state index in [0.29, 0.717) is 32.1 Å². The van der Waals surface area contributed by atoms with E-state index in [1.165, 1.54) is 0 Å². The maximum absolute atomic E-state index is 13.6. The highest BCUT2D eigenvalue weighted by atomic mass is 16.4. The number of carboxylic acids is 1. The Morgan fingerprint density at radius 1 is 1.10 bits per heavy atom. The van der Waals surface area contributed by atoms with E-state index in [4.69, 9.17) is 0 Å². The second kappa shape index (κ2) is 7.02. The van der Waals surface area contributed by atoms with Crippen LogP contribution in [0.5, 0.6) is 0 Å². The minimum Gasteiger partial charge on any atom is -0.550 e. The number of carbonyl (C=O) groups is 4. The highest BCUT2D eigenvalue weighted by Crippen LogP contribution is 2.66. The lowest BCUT2D eigenvalue weighted by molar-refractivity contribution is -0.306. The summed E-state index contributed by atoms with van der Waals surface area (Å²) in [7, 11) is 0. The van der Waals surface area contributed by atoms with E-state index in [9.17, 15) is 24.3 Å². The second-order valence-electron chi connectivity index (χ2n) is 10.8. The van der Waals surface area contributed by atoms with Gasteiger partial charge in [-0.1, -0.05) is 20.8 Å². The van der Waals surface area contributed by atoms with Crippen LogP contribution in [0.2, 0.25) is 0 Å². The van der Waals surface area contributed by atoms with Gasteiger partial charge in [-0.05, 0) is 67.1 Å². The molecule has 0 N–H and O–H groups in total. The molecule has 5 heteroatoms. The maximum Gasteiger partial charge on any atom is 0.139 e. The smallest absolute Gasteiger partial charge is 0.139 e. The number of aliphatic carboxylic acids is 1. The van der Waals surface area contributed by atoms with Gasteiger partial charge in [-0.2, -0.15) is 0 Å². The molecule has 0 amide bonds. The van der Waals surface area contributed by atoms with Gasteiger partial charge in [-0.25, -0.2) is 0 Å². The third kappa shape index (κ3) is 3.02. The van der Waals surface area contributed by atoms with Gasteiger partial charge in [0.25, 0.3) is 0 Å². The van der Waals surface area contributed by atoms with Crippen molar-refractivity contribution in [2.75, 3.05) is 0 Å². The largest absolute Gasteiger partial charge is 0.550 e. The Balaban J connectivity index is 1.63. The molecule has 0 radical (unpaired) electrons. The zero-order valence-electron chi connectivity index (χ0n) is 17.9. The first kappa shape index (κ1) is 20.7. The van der Waals surface area contributed by atoms with Crippen molar-refractivity contribution in [2.45, 2.75) is 78.6 Å². The molecule has 4 aliphatic rings. The van der Waals surface area contributed by atoms with E-state index in [1.807, 2.05) is 6.92 Å². The Bertz CT molecular complexity index is 756. The molecule has 8 atom stereocenters. The van der Waals surface area contributed by atoms with Crippen molar-refractivity contribution in [3.63, 3.8) is 0 Å². The zero-order valence-corrected chi connectivity index (χ0v) is 17.9. The molecule has 4 rings (SSSR count). The van der Waals surface area contributed by atoms with E-state index in [1.54, 1.807) is 0 Å². The van der Waals surface area contributed by atoms with E-state index in [0.717, 1.165) is 19.3 Å². The molecule has 0 heterocycles. The van der Waals surface area contributed by atoms with Crippen LogP contribution in [-0.4, -0.2) is 23.3 Å². The van der Waals surface area contributed by atoms with Gasteiger partial charge in [0.05, 0.1) is 0 Å². The van der Waals surface area contributed by atoms with E-state index in [2.05, 4.69) is 13.8 Å². The summed E-state index contributed by atoms with van der Waals surface area (Å²) in [5.74, 6) is 0.130. The maximum atomic E-state index is 13.6. The van der Waals surface area contributed by atoms with Crippen LogP contribution in [0.3, 0.4) is 0 Å². The van der Waals surface area contributed by atoms with Crippen LogP contribution < -0.4 is 5.11 Å². The number of fused-ring (bicyclic) bond motifs is 5. The third-order valence-corrected chi connectivity index (χ3v) is 9.71. The minimum atomic E-state index is -1.04. The van der Waals surface area contributed by atoms with Crippen LogP contribution in [0.4, 0.5) is 0 Å². The molecule has 0 aliphatic heterocycles. The van der Waals surface area contributed by atoms with Gasteiger partial charge in [0.1, 0.15) is 17.3 Å². The lowest BCUT2D eigenvalue weighted by atomic mass is 9.44. The zero-order chi connectivity index (χ0) is 21.1. The average molecular weight is 402 g/mol. The van der Waals surface area contributed by atoms with E-state index in [-0.39, 0.29) is 64.7 Å². The summed E-state index contributed by atoms with van der Waals surface area (Å²) in [5.41, 5.74) is -0.627. The van der Waals surface area contributed by atoms with Crippen molar-refractivity contribution in [3.05, 3.63) is 0 Å². The van der Waals surface area contributed by atoms with Crippen molar-refractivity contribution in [3.8, 4) is 0 Å². The summed E-state index contributed by atoms with van der Waals surface area (Å²) in [4.78, 5) is 49.8. The first-order chi connectivity index (χ1) is 13.6. The Hall–Kier alpha value is -1.52. The normalized spacial score (nSPS) is 45.3. The molecule has 0 aromatic rings. The fourth-order valence-corrected chi connectivity index (χ4v) is 7.94. The third-order valence-electron chi connectivity index (χ3n) is 9.71. The van der Waals surface area contributed by atoms with Crippen molar-refractivity contribution >= 4 is 23.3 Å². The molecular formula is C24H33O5-. The molecule has 29 heavy (non-hydrogen) atoms. The molecule has 0 spiro atoms. The van der Waals surface area contributed by atoms with Crippen LogP contribution in [0.15, 0.2) is 0 Å². The van der Waals surface area contributed by atoms with Crippen molar-refractivity contribution in [2.24, 2.45) is 46.3 Å². The summed E-state index contributed by atoms with van der Waals surface area (Å²) in [6, 6.07) is 0. The molecular weight excluding hydrogens is 368 g/mol. The number of carboxylic acid groups (broad SMARTS) is 1. The van der Waals surface area contributed by atoms with Crippen LogP contribution in [0.1, 0.15) is 78.6 Å². The summed E-state index contributed by atoms with van der Waals surface area (Å²) in [6.07, 6.45) is 5.08. The lowest BCUT2D eigenvalue weighted by Crippen LogP contribution is -2.60. The van der Waals surface area contributed by atoms with Crippen LogP contribution in [-0.2, 0) is 19.2 Å². The molecule has 5 nitrogen and oxygen atoms in total. The summed E-state index contributed by atoms with van der Waals surface area (Å²) < 4.78 is 0. The Morgan fingerprint density at radius 3 is 2.52 bits per heavy atom. The first-order valence-electron chi connectivity index (χ1n) is 11.4. The Kier molecular flexibility index (Phi) is 5.02. The summed E-state index contributed by atoms with van der Waals surface area (Å²) in [5, 5.41) is 10.9. The van der Waals surface area contributed by atoms with Gasteiger partial charge in [-0.3, -0.25) is 14.4 Å². The second-order valence-corrected chi connectivity index (χ2v) is 10.8. The molecule has 0 bridgehead atoms. The van der Waals surface area contributed by atoms with Gasteiger partial charge < -0.3 is 9.90 Å². The highest BCUT2D eigenvalue weighted by Gasteiger charge is 2.66. The molecule has 4 saturated carbocycles. The number of rotatable bonds is 4. The number of carbonyl (C=O) groups excluding carboxylic acids is 4. The predicted octanol–water partition coefficient (Wildman–Crippen LogP) is 2.74. The number of hydrogen-bond donors (Lipinski definition) is 0. The monoisotopic (exact) mass is 401 g/mol. The fourth-order valence-electron chi connectivity index (χ4n) is 7.94. The van der Waals surface area contributed by atoms with Gasteiger partial charge in [0, 0.05) is 43.0 Å². The van der Waals surface area contributed by atoms with E-state index < -0.39 is 11.4 Å². The summed E-state index contributed by atoms with van der Waals surface area (Å²) in [6.45, 7) is 6.32. The molecule has 0 saturated heterocycles. The van der Waals surface area contributed by atoms with Crippen molar-refractivity contribution < 1.29 is 24.3 Å². The molecule has 0 unspecified atom stereocenters. The summed E-state index contributed by atoms with van der Waals surface area (Å²) >= 11 is 0. The SMILES string of the molecule is C[C@H](CCC(=O)[O-])[C@H]1CC[C@@H]2[C@@H]3C(=O)C[C@H]4CC(=O)CC[C@]4(C)[C@@H]3CC(=O)[C@@]21C. The molecule has 160 valence electrons. The van der Waals surface area contributed by atoms with E-state index >= 15 is 0 Å². The average Bonchev–Trinajstić information content (AvgIpc) is 3.01.